The topological polar surface area (TPSA) is 92.7 Å². The standard InChI is InChI=1S/C6H7NO5/c1-2-6(4(9)10)3(8)7-5(11)12-6/h2H2,1H3,(H,9,10)(H,7,8,11). The molecule has 0 aromatic rings. The molecule has 0 bridgehead atoms. The molecule has 0 aromatic carbocycles. The van der Waals surface area contributed by atoms with E-state index in [0.29, 0.717) is 0 Å². The van der Waals surface area contributed by atoms with Crippen molar-refractivity contribution in [3.8, 4) is 0 Å². The van der Waals surface area contributed by atoms with Crippen LogP contribution in [0.15, 0.2) is 0 Å². The second kappa shape index (κ2) is 2.47. The molecule has 2 amide bonds. The van der Waals surface area contributed by atoms with Crippen LogP contribution in [0.3, 0.4) is 0 Å². The monoisotopic (exact) mass is 173 g/mol. The third-order valence-electron chi connectivity index (χ3n) is 1.69. The van der Waals surface area contributed by atoms with E-state index in [-0.39, 0.29) is 6.42 Å². The summed E-state index contributed by atoms with van der Waals surface area (Å²) in [4.78, 5) is 32.0. The molecule has 1 heterocycles. The van der Waals surface area contributed by atoms with Gasteiger partial charge < -0.3 is 9.84 Å². The van der Waals surface area contributed by atoms with Crippen LogP contribution in [0, 0.1) is 0 Å². The highest BCUT2D eigenvalue weighted by Gasteiger charge is 2.54. The Hall–Kier alpha value is -1.59. The maximum Gasteiger partial charge on any atom is 0.415 e. The molecule has 66 valence electrons. The van der Waals surface area contributed by atoms with Crippen LogP contribution in [0.1, 0.15) is 13.3 Å². The Bertz CT molecular complexity index is 261. The first-order chi connectivity index (χ1) is 5.53. The molecule has 0 aromatic heterocycles. The van der Waals surface area contributed by atoms with Crippen LogP contribution >= 0.6 is 0 Å². The summed E-state index contributed by atoms with van der Waals surface area (Å²) < 4.78 is 4.37. The predicted octanol–water partition coefficient (Wildman–Crippen LogP) is -0.514. The van der Waals surface area contributed by atoms with Crippen LogP contribution in [-0.4, -0.2) is 28.7 Å². The molecule has 1 aliphatic rings. The highest BCUT2D eigenvalue weighted by Crippen LogP contribution is 2.21. The van der Waals surface area contributed by atoms with Gasteiger partial charge in [0, 0.05) is 6.42 Å². The van der Waals surface area contributed by atoms with Gasteiger partial charge in [-0.05, 0) is 0 Å². The van der Waals surface area contributed by atoms with Gasteiger partial charge in [0.1, 0.15) is 0 Å². The van der Waals surface area contributed by atoms with Gasteiger partial charge in [-0.3, -0.25) is 10.1 Å². The molecule has 0 aliphatic carbocycles. The zero-order valence-electron chi connectivity index (χ0n) is 6.29. The Morgan fingerprint density at radius 3 is 2.42 bits per heavy atom. The van der Waals surface area contributed by atoms with E-state index in [1.807, 2.05) is 0 Å². The van der Waals surface area contributed by atoms with E-state index in [0.717, 1.165) is 0 Å². The van der Waals surface area contributed by atoms with Crippen LogP contribution in [0.5, 0.6) is 0 Å². The molecule has 0 radical (unpaired) electrons. The lowest BCUT2D eigenvalue weighted by molar-refractivity contribution is -0.161. The van der Waals surface area contributed by atoms with Crippen molar-refractivity contribution >= 4 is 18.0 Å². The zero-order chi connectivity index (χ0) is 9.35. The number of carbonyl (C=O) groups excluding carboxylic acids is 2. The van der Waals surface area contributed by atoms with Gasteiger partial charge in [-0.1, -0.05) is 6.92 Å². The second-order valence-corrected chi connectivity index (χ2v) is 2.33. The molecular weight excluding hydrogens is 166 g/mol. The maximum absolute atomic E-state index is 10.9. The van der Waals surface area contributed by atoms with E-state index >= 15 is 0 Å². The summed E-state index contributed by atoms with van der Waals surface area (Å²) in [6, 6.07) is 0. The summed E-state index contributed by atoms with van der Waals surface area (Å²) in [6.07, 6.45) is -1.09. The number of ether oxygens (including phenoxy) is 1. The Morgan fingerprint density at radius 1 is 1.67 bits per heavy atom. The minimum atomic E-state index is -2.02. The fourth-order valence-corrected chi connectivity index (χ4v) is 0.948. The van der Waals surface area contributed by atoms with Gasteiger partial charge in [0.2, 0.25) is 0 Å². The van der Waals surface area contributed by atoms with Crippen molar-refractivity contribution in [2.45, 2.75) is 18.9 Å². The van der Waals surface area contributed by atoms with Crippen molar-refractivity contribution in [1.29, 1.82) is 0 Å². The van der Waals surface area contributed by atoms with E-state index in [1.54, 1.807) is 5.32 Å². The summed E-state index contributed by atoms with van der Waals surface area (Å²) in [5.41, 5.74) is -2.02. The summed E-state index contributed by atoms with van der Waals surface area (Å²) in [7, 11) is 0. The molecule has 1 saturated heterocycles. The minimum absolute atomic E-state index is 0.0834. The largest absolute Gasteiger partial charge is 0.478 e. The number of rotatable bonds is 2. The molecule has 0 saturated carbocycles. The molecule has 0 spiro atoms. The van der Waals surface area contributed by atoms with Crippen LogP contribution < -0.4 is 5.32 Å². The molecule has 12 heavy (non-hydrogen) atoms. The Kier molecular flexibility index (Phi) is 1.75. The molecule has 1 aliphatic heterocycles. The van der Waals surface area contributed by atoms with E-state index in [2.05, 4.69) is 4.74 Å². The number of alkyl carbamates (subject to hydrolysis) is 1. The Labute approximate surface area is 67.5 Å². The summed E-state index contributed by atoms with van der Waals surface area (Å²) >= 11 is 0. The number of hydrogen-bond donors (Lipinski definition) is 2. The van der Waals surface area contributed by atoms with Crippen LogP contribution in [-0.2, 0) is 14.3 Å². The van der Waals surface area contributed by atoms with Crippen LogP contribution in [0.2, 0.25) is 0 Å². The van der Waals surface area contributed by atoms with Gasteiger partial charge in [-0.15, -0.1) is 0 Å². The summed E-state index contributed by atoms with van der Waals surface area (Å²) in [5.74, 6) is -2.36. The number of imide groups is 1. The lowest BCUT2D eigenvalue weighted by atomic mass is 10.0. The average molecular weight is 173 g/mol. The van der Waals surface area contributed by atoms with Crippen molar-refractivity contribution in [3.63, 3.8) is 0 Å². The third-order valence-corrected chi connectivity index (χ3v) is 1.69. The van der Waals surface area contributed by atoms with Gasteiger partial charge in [0.15, 0.2) is 0 Å². The molecule has 1 fully saturated rings. The smallest absolute Gasteiger partial charge is 0.415 e. The lowest BCUT2D eigenvalue weighted by Gasteiger charge is -2.15. The first-order valence-corrected chi connectivity index (χ1v) is 3.30. The third kappa shape index (κ3) is 0.919. The quantitative estimate of drug-likeness (QED) is 0.548. The molecule has 1 unspecified atom stereocenters. The number of aliphatic carboxylic acids is 1. The number of hydrogen-bond acceptors (Lipinski definition) is 4. The fraction of sp³-hybridized carbons (Fsp3) is 0.500. The van der Waals surface area contributed by atoms with Gasteiger partial charge in [0.25, 0.3) is 11.5 Å². The van der Waals surface area contributed by atoms with E-state index in [4.69, 9.17) is 5.11 Å². The van der Waals surface area contributed by atoms with E-state index in [1.165, 1.54) is 6.92 Å². The van der Waals surface area contributed by atoms with Crippen LogP contribution in [0.25, 0.3) is 0 Å². The van der Waals surface area contributed by atoms with E-state index in [9.17, 15) is 14.4 Å². The van der Waals surface area contributed by atoms with E-state index < -0.39 is 23.6 Å². The Morgan fingerprint density at radius 2 is 2.25 bits per heavy atom. The predicted molar refractivity (Wildman–Crippen MR) is 35.3 cm³/mol. The molecule has 6 heteroatoms. The summed E-state index contributed by atoms with van der Waals surface area (Å²) in [5, 5.41) is 10.4. The first-order valence-electron chi connectivity index (χ1n) is 3.30. The fourth-order valence-electron chi connectivity index (χ4n) is 0.948. The van der Waals surface area contributed by atoms with Gasteiger partial charge in [-0.2, -0.15) is 0 Å². The van der Waals surface area contributed by atoms with Crippen LogP contribution in [0.4, 0.5) is 4.79 Å². The number of carboxylic acids is 1. The Balaban J connectivity index is 3.02. The molecule has 1 rings (SSSR count). The number of carbonyl (C=O) groups is 3. The molecule has 1 atom stereocenters. The van der Waals surface area contributed by atoms with Crippen molar-refractivity contribution in [2.75, 3.05) is 0 Å². The number of amides is 2. The highest BCUT2D eigenvalue weighted by atomic mass is 16.6. The highest BCUT2D eigenvalue weighted by molar-refractivity contribution is 6.14. The van der Waals surface area contributed by atoms with Crippen molar-refractivity contribution in [3.05, 3.63) is 0 Å². The SMILES string of the molecule is CCC1(C(=O)O)OC(=O)NC1=O. The van der Waals surface area contributed by atoms with Gasteiger partial charge >= 0.3 is 12.1 Å². The minimum Gasteiger partial charge on any atom is -0.478 e. The van der Waals surface area contributed by atoms with Crippen molar-refractivity contribution < 1.29 is 24.2 Å². The summed E-state index contributed by atoms with van der Waals surface area (Å²) in [6.45, 7) is 1.45. The first kappa shape index (κ1) is 8.51. The van der Waals surface area contributed by atoms with Gasteiger partial charge in [-0.25, -0.2) is 9.59 Å². The molecule has 6 nitrogen and oxygen atoms in total. The second-order valence-electron chi connectivity index (χ2n) is 2.33. The number of cyclic esters (lactones) is 1. The average Bonchev–Trinajstić information content (AvgIpc) is 2.26. The normalized spacial score (nSPS) is 28.1. The van der Waals surface area contributed by atoms with Crippen molar-refractivity contribution in [1.82, 2.24) is 5.32 Å². The lowest BCUT2D eigenvalue weighted by Crippen LogP contribution is -2.46. The number of nitrogens with one attached hydrogen (secondary N) is 1. The molecule has 2 N–H and O–H groups in total. The molecular formula is C6H7NO5. The van der Waals surface area contributed by atoms with Gasteiger partial charge in [0.05, 0.1) is 0 Å². The maximum atomic E-state index is 10.9. The van der Waals surface area contributed by atoms with Crippen molar-refractivity contribution in [2.24, 2.45) is 0 Å². The zero-order valence-corrected chi connectivity index (χ0v) is 6.29. The number of carboxylic acid groups (broad SMARTS) is 1.